The van der Waals surface area contributed by atoms with Gasteiger partial charge in [0.2, 0.25) is 0 Å². The summed E-state index contributed by atoms with van der Waals surface area (Å²) < 4.78 is 0. The topological polar surface area (TPSA) is 32.3 Å². The number of carbonyl (C=O) groups excluding carboxylic acids is 1. The van der Waals surface area contributed by atoms with Crippen molar-refractivity contribution >= 4 is 17.5 Å². The van der Waals surface area contributed by atoms with E-state index in [9.17, 15) is 4.79 Å². The van der Waals surface area contributed by atoms with Crippen molar-refractivity contribution in [2.24, 2.45) is 0 Å². The zero-order valence-corrected chi connectivity index (χ0v) is 12.2. The lowest BCUT2D eigenvalue weighted by Gasteiger charge is -2.44. The van der Waals surface area contributed by atoms with Crippen LogP contribution in [0.15, 0.2) is 48.5 Å². The molecule has 0 bridgehead atoms. The molecule has 1 atom stereocenters. The molecule has 2 heterocycles. The van der Waals surface area contributed by atoms with Crippen LogP contribution < -0.4 is 5.32 Å². The predicted molar refractivity (Wildman–Crippen MR) is 82.3 cm³/mol. The summed E-state index contributed by atoms with van der Waals surface area (Å²) in [4.78, 5) is 14.7. The molecule has 1 saturated heterocycles. The maximum absolute atomic E-state index is 12.7. The number of halogens is 1. The summed E-state index contributed by atoms with van der Waals surface area (Å²) >= 11 is 6.02. The Morgan fingerprint density at radius 2 is 1.86 bits per heavy atom. The molecular formula is C17H15ClN2O. The molecule has 1 fully saturated rings. The third-order valence-electron chi connectivity index (χ3n) is 4.40. The van der Waals surface area contributed by atoms with Gasteiger partial charge in [-0.2, -0.15) is 0 Å². The first-order valence-corrected chi connectivity index (χ1v) is 7.54. The summed E-state index contributed by atoms with van der Waals surface area (Å²) in [5.74, 6) is 0.104. The van der Waals surface area contributed by atoms with E-state index in [2.05, 4.69) is 5.32 Å². The van der Waals surface area contributed by atoms with Crippen LogP contribution in [0.3, 0.4) is 0 Å². The van der Waals surface area contributed by atoms with E-state index in [-0.39, 0.29) is 5.91 Å². The normalized spacial score (nSPS) is 23.9. The molecule has 0 radical (unpaired) electrons. The molecule has 2 aliphatic heterocycles. The Bertz CT molecular complexity index is 713. The van der Waals surface area contributed by atoms with Crippen molar-refractivity contribution in [1.82, 2.24) is 10.2 Å². The Kier molecular flexibility index (Phi) is 2.81. The lowest BCUT2D eigenvalue weighted by Crippen LogP contribution is -2.59. The summed E-state index contributed by atoms with van der Waals surface area (Å²) in [6.07, 6.45) is 0.967. The lowest BCUT2D eigenvalue weighted by atomic mass is 9.89. The van der Waals surface area contributed by atoms with Crippen molar-refractivity contribution in [3.63, 3.8) is 0 Å². The Hall–Kier alpha value is -1.84. The first-order valence-electron chi connectivity index (χ1n) is 7.16. The number of fused-ring (bicyclic) bond motifs is 3. The number of hydrogen-bond donors (Lipinski definition) is 1. The van der Waals surface area contributed by atoms with Crippen LogP contribution in [0, 0.1) is 0 Å². The molecule has 0 spiro atoms. The molecule has 106 valence electrons. The van der Waals surface area contributed by atoms with Gasteiger partial charge in [0.25, 0.3) is 5.91 Å². The fraction of sp³-hybridized carbons (Fsp3) is 0.235. The minimum Gasteiger partial charge on any atom is -0.312 e. The van der Waals surface area contributed by atoms with Crippen molar-refractivity contribution in [3.8, 4) is 0 Å². The van der Waals surface area contributed by atoms with Crippen molar-refractivity contribution in [3.05, 3.63) is 70.2 Å². The van der Waals surface area contributed by atoms with Gasteiger partial charge in [-0.15, -0.1) is 0 Å². The number of benzene rings is 2. The Balaban J connectivity index is 1.98. The standard InChI is InChI=1S/C17H15ClN2O/c18-13-8-6-12(7-9-13)17-15-5-2-1-4-14(15)16(21)20(17)11-3-10-19-17/h1-2,4-9,19H,3,10-11H2. The second-order valence-corrected chi connectivity index (χ2v) is 5.94. The van der Waals surface area contributed by atoms with Crippen LogP contribution in [0.5, 0.6) is 0 Å². The third kappa shape index (κ3) is 1.68. The maximum Gasteiger partial charge on any atom is 0.256 e. The van der Waals surface area contributed by atoms with Crippen molar-refractivity contribution in [2.75, 3.05) is 13.1 Å². The van der Waals surface area contributed by atoms with Crippen LogP contribution in [0.1, 0.15) is 27.9 Å². The van der Waals surface area contributed by atoms with Crippen molar-refractivity contribution in [2.45, 2.75) is 12.1 Å². The van der Waals surface area contributed by atoms with E-state index in [1.54, 1.807) is 0 Å². The Morgan fingerprint density at radius 1 is 1.10 bits per heavy atom. The molecule has 2 aromatic rings. The largest absolute Gasteiger partial charge is 0.312 e. The molecule has 2 aliphatic rings. The minimum atomic E-state index is -0.545. The van der Waals surface area contributed by atoms with Crippen LogP contribution >= 0.6 is 11.6 Å². The predicted octanol–water partition coefficient (Wildman–Crippen LogP) is 2.99. The SMILES string of the molecule is O=C1c2ccccc2C2(c3ccc(Cl)cc3)NCCCN12. The molecule has 2 aromatic carbocycles. The average Bonchev–Trinajstić information content (AvgIpc) is 2.80. The van der Waals surface area contributed by atoms with E-state index in [1.807, 2.05) is 53.4 Å². The molecular weight excluding hydrogens is 284 g/mol. The molecule has 4 rings (SSSR count). The van der Waals surface area contributed by atoms with E-state index in [0.717, 1.165) is 36.2 Å². The summed E-state index contributed by atoms with van der Waals surface area (Å²) in [5, 5.41) is 4.28. The lowest BCUT2D eigenvalue weighted by molar-refractivity contribution is 0.0457. The average molecular weight is 299 g/mol. The monoisotopic (exact) mass is 298 g/mol. The highest BCUT2D eigenvalue weighted by Gasteiger charge is 2.51. The smallest absolute Gasteiger partial charge is 0.256 e. The Labute approximate surface area is 128 Å². The first kappa shape index (κ1) is 12.9. The van der Waals surface area contributed by atoms with E-state index < -0.39 is 5.66 Å². The molecule has 1 N–H and O–H groups in total. The van der Waals surface area contributed by atoms with Crippen LogP contribution in [0.25, 0.3) is 0 Å². The molecule has 0 aromatic heterocycles. The first-order chi connectivity index (χ1) is 10.2. The number of hydrogen-bond acceptors (Lipinski definition) is 2. The van der Waals surface area contributed by atoms with Crippen LogP contribution in [-0.4, -0.2) is 23.9 Å². The second-order valence-electron chi connectivity index (χ2n) is 5.50. The molecule has 1 unspecified atom stereocenters. The van der Waals surface area contributed by atoms with Gasteiger partial charge < -0.3 is 4.90 Å². The van der Waals surface area contributed by atoms with Crippen molar-refractivity contribution in [1.29, 1.82) is 0 Å². The van der Waals surface area contributed by atoms with E-state index >= 15 is 0 Å². The molecule has 0 saturated carbocycles. The molecule has 0 aliphatic carbocycles. The number of rotatable bonds is 1. The zero-order valence-electron chi connectivity index (χ0n) is 11.5. The van der Waals surface area contributed by atoms with E-state index in [4.69, 9.17) is 11.6 Å². The van der Waals surface area contributed by atoms with E-state index in [1.165, 1.54) is 0 Å². The summed E-state index contributed by atoms with van der Waals surface area (Å²) in [6.45, 7) is 1.66. The van der Waals surface area contributed by atoms with Gasteiger partial charge in [0, 0.05) is 22.7 Å². The van der Waals surface area contributed by atoms with Crippen LogP contribution in [-0.2, 0) is 5.66 Å². The molecule has 1 amide bonds. The van der Waals surface area contributed by atoms with Gasteiger partial charge in [0.05, 0.1) is 0 Å². The van der Waals surface area contributed by atoms with Crippen LogP contribution in [0.4, 0.5) is 0 Å². The summed E-state index contributed by atoms with van der Waals surface area (Å²) in [6, 6.07) is 15.6. The minimum absolute atomic E-state index is 0.104. The van der Waals surface area contributed by atoms with Crippen LogP contribution in [0.2, 0.25) is 5.02 Å². The van der Waals surface area contributed by atoms with Gasteiger partial charge in [0.1, 0.15) is 5.66 Å². The Morgan fingerprint density at radius 3 is 2.67 bits per heavy atom. The van der Waals surface area contributed by atoms with Gasteiger partial charge >= 0.3 is 0 Å². The zero-order chi connectivity index (χ0) is 14.4. The number of carbonyl (C=O) groups is 1. The van der Waals surface area contributed by atoms with Gasteiger partial charge in [0.15, 0.2) is 0 Å². The summed E-state index contributed by atoms with van der Waals surface area (Å²) in [7, 11) is 0. The third-order valence-corrected chi connectivity index (χ3v) is 4.65. The fourth-order valence-electron chi connectivity index (χ4n) is 3.50. The second kappa shape index (κ2) is 4.58. The highest BCUT2D eigenvalue weighted by atomic mass is 35.5. The fourth-order valence-corrected chi connectivity index (χ4v) is 3.63. The van der Waals surface area contributed by atoms with Crippen molar-refractivity contribution < 1.29 is 4.79 Å². The van der Waals surface area contributed by atoms with E-state index in [0.29, 0.717) is 5.02 Å². The summed E-state index contributed by atoms with van der Waals surface area (Å²) in [5.41, 5.74) is 2.35. The number of nitrogens with zero attached hydrogens (tertiary/aromatic N) is 1. The number of amides is 1. The molecule has 4 heteroatoms. The van der Waals surface area contributed by atoms with Gasteiger partial charge in [-0.1, -0.05) is 41.9 Å². The molecule has 21 heavy (non-hydrogen) atoms. The number of nitrogens with one attached hydrogen (secondary N) is 1. The highest BCUT2D eigenvalue weighted by molar-refractivity contribution is 6.30. The highest BCUT2D eigenvalue weighted by Crippen LogP contribution is 2.43. The van der Waals surface area contributed by atoms with Gasteiger partial charge in [-0.3, -0.25) is 10.1 Å². The quantitative estimate of drug-likeness (QED) is 0.878. The van der Waals surface area contributed by atoms with Gasteiger partial charge in [-0.25, -0.2) is 0 Å². The van der Waals surface area contributed by atoms with Gasteiger partial charge in [-0.05, 0) is 36.7 Å². The maximum atomic E-state index is 12.7. The molecule has 3 nitrogen and oxygen atoms in total.